The van der Waals surface area contributed by atoms with Gasteiger partial charge >= 0.3 is 5.97 Å². The van der Waals surface area contributed by atoms with Crippen LogP contribution in [0.25, 0.3) is 10.9 Å². The number of carboxylic acid groups (broad SMARTS) is 1. The zero-order chi connectivity index (χ0) is 15.0. The molecule has 1 aliphatic rings. The maximum absolute atomic E-state index is 11.8. The number of nitrogens with zero attached hydrogens (tertiary/aromatic N) is 1. The Morgan fingerprint density at radius 3 is 2.52 bits per heavy atom. The van der Waals surface area contributed by atoms with E-state index in [-0.39, 0.29) is 0 Å². The Hall–Kier alpha value is -0.940. The topological polar surface area (TPSA) is 50.2 Å². The van der Waals surface area contributed by atoms with Crippen molar-refractivity contribution in [3.8, 4) is 0 Å². The highest BCUT2D eigenvalue weighted by molar-refractivity contribution is 9.11. The molecule has 5 heteroatoms. The quantitative estimate of drug-likeness (QED) is 0.707. The summed E-state index contributed by atoms with van der Waals surface area (Å²) in [5.74, 6) is -0.857. The van der Waals surface area contributed by atoms with Gasteiger partial charge < -0.3 is 5.11 Å². The minimum atomic E-state index is -0.857. The van der Waals surface area contributed by atoms with Crippen LogP contribution in [0.4, 0.5) is 0 Å². The third-order valence-corrected chi connectivity index (χ3v) is 5.06. The van der Waals surface area contributed by atoms with Gasteiger partial charge in [0.25, 0.3) is 0 Å². The number of fused-ring (bicyclic) bond motifs is 2. The first-order chi connectivity index (χ1) is 10.1. The highest BCUT2D eigenvalue weighted by Crippen LogP contribution is 2.34. The van der Waals surface area contributed by atoms with Gasteiger partial charge in [-0.1, -0.05) is 28.8 Å². The molecular weight excluding hydrogens is 398 g/mol. The second-order valence-corrected chi connectivity index (χ2v) is 7.19. The molecule has 0 aliphatic heterocycles. The smallest absolute Gasteiger partial charge is 0.336 e. The lowest BCUT2D eigenvalue weighted by Gasteiger charge is -2.18. The molecule has 0 fully saturated rings. The van der Waals surface area contributed by atoms with Crippen molar-refractivity contribution in [3.63, 3.8) is 0 Å². The molecule has 0 radical (unpaired) electrons. The molecular formula is C16H15Br2NO2. The van der Waals surface area contributed by atoms with Crippen LogP contribution in [-0.4, -0.2) is 16.1 Å². The number of carboxylic acids is 1. The number of hydrogen-bond acceptors (Lipinski definition) is 2. The lowest BCUT2D eigenvalue weighted by Crippen LogP contribution is -2.11. The first kappa shape index (κ1) is 15.0. The minimum absolute atomic E-state index is 0.430. The first-order valence-corrected chi connectivity index (χ1v) is 8.70. The Labute approximate surface area is 140 Å². The number of aromatic carboxylic acids is 1. The number of aromatic nitrogens is 1. The van der Waals surface area contributed by atoms with Crippen molar-refractivity contribution in [2.24, 2.45) is 0 Å². The van der Waals surface area contributed by atoms with E-state index in [0.717, 1.165) is 51.4 Å². The Kier molecular flexibility index (Phi) is 4.31. The van der Waals surface area contributed by atoms with E-state index in [1.54, 1.807) is 0 Å². The van der Waals surface area contributed by atoms with E-state index in [4.69, 9.17) is 4.98 Å². The zero-order valence-corrected chi connectivity index (χ0v) is 14.6. The second-order valence-electron chi connectivity index (χ2n) is 5.42. The van der Waals surface area contributed by atoms with E-state index < -0.39 is 5.97 Å². The van der Waals surface area contributed by atoms with Gasteiger partial charge in [0.05, 0.1) is 11.1 Å². The number of benzene rings is 1. The molecule has 0 bridgehead atoms. The van der Waals surface area contributed by atoms with Gasteiger partial charge in [0.15, 0.2) is 0 Å². The molecule has 0 atom stereocenters. The largest absolute Gasteiger partial charge is 0.478 e. The van der Waals surface area contributed by atoms with Crippen molar-refractivity contribution < 1.29 is 9.90 Å². The predicted octanol–water partition coefficient (Wildman–Crippen LogP) is 5.12. The summed E-state index contributed by atoms with van der Waals surface area (Å²) < 4.78 is 1.69. The molecule has 0 saturated heterocycles. The van der Waals surface area contributed by atoms with E-state index >= 15 is 0 Å². The molecule has 0 saturated carbocycles. The van der Waals surface area contributed by atoms with Crippen molar-refractivity contribution in [1.82, 2.24) is 4.98 Å². The normalized spacial score (nSPS) is 15.3. The van der Waals surface area contributed by atoms with Crippen molar-refractivity contribution in [2.45, 2.75) is 38.5 Å². The van der Waals surface area contributed by atoms with Crippen LogP contribution in [-0.2, 0) is 12.8 Å². The standard InChI is InChI=1S/C16H15Br2NO2/c17-9-7-11-14(16(20)21)10-5-3-1-2-4-6-13(10)19-15(11)12(18)8-9/h7-8H,1-6H2,(H,20,21). The van der Waals surface area contributed by atoms with E-state index in [9.17, 15) is 9.90 Å². The van der Waals surface area contributed by atoms with Gasteiger partial charge in [-0.05, 0) is 59.3 Å². The molecule has 1 aliphatic carbocycles. The third-order valence-electron chi connectivity index (χ3n) is 4.00. The number of carbonyl (C=O) groups is 1. The Balaban J connectivity index is 2.37. The van der Waals surface area contributed by atoms with Gasteiger partial charge in [-0.2, -0.15) is 0 Å². The van der Waals surface area contributed by atoms with Crippen molar-refractivity contribution in [3.05, 3.63) is 37.9 Å². The molecule has 110 valence electrons. The van der Waals surface area contributed by atoms with Crippen molar-refractivity contribution in [1.29, 1.82) is 0 Å². The summed E-state index contributed by atoms with van der Waals surface area (Å²) in [4.78, 5) is 16.6. The van der Waals surface area contributed by atoms with Gasteiger partial charge in [0, 0.05) is 20.0 Å². The number of aryl methyl sites for hydroxylation is 1. The second kappa shape index (κ2) is 6.05. The van der Waals surface area contributed by atoms with E-state index in [2.05, 4.69) is 31.9 Å². The monoisotopic (exact) mass is 411 g/mol. The highest BCUT2D eigenvalue weighted by atomic mass is 79.9. The number of hydrogen-bond donors (Lipinski definition) is 1. The Bertz CT molecular complexity index is 728. The minimum Gasteiger partial charge on any atom is -0.478 e. The summed E-state index contributed by atoms with van der Waals surface area (Å²) >= 11 is 6.95. The first-order valence-electron chi connectivity index (χ1n) is 7.11. The van der Waals surface area contributed by atoms with Crippen molar-refractivity contribution >= 4 is 48.7 Å². The lowest BCUT2D eigenvalue weighted by molar-refractivity contribution is 0.0697. The van der Waals surface area contributed by atoms with Crippen LogP contribution in [0.3, 0.4) is 0 Å². The number of halogens is 2. The maximum Gasteiger partial charge on any atom is 0.336 e. The molecule has 3 nitrogen and oxygen atoms in total. The van der Waals surface area contributed by atoms with Gasteiger partial charge in [-0.3, -0.25) is 4.98 Å². The van der Waals surface area contributed by atoms with E-state index in [1.807, 2.05) is 12.1 Å². The fourth-order valence-corrected chi connectivity index (χ4v) is 4.36. The van der Waals surface area contributed by atoms with Gasteiger partial charge in [0.1, 0.15) is 0 Å². The molecule has 1 heterocycles. The van der Waals surface area contributed by atoms with Crippen LogP contribution in [0, 0.1) is 0 Å². The van der Waals surface area contributed by atoms with Gasteiger partial charge in [0.2, 0.25) is 0 Å². The molecule has 0 unspecified atom stereocenters. The summed E-state index contributed by atoms with van der Waals surface area (Å²) in [5.41, 5.74) is 3.07. The fourth-order valence-electron chi connectivity index (χ4n) is 3.05. The molecule has 0 amide bonds. The van der Waals surface area contributed by atoms with Crippen LogP contribution < -0.4 is 0 Å². The summed E-state index contributed by atoms with van der Waals surface area (Å²) in [6, 6.07) is 3.77. The summed E-state index contributed by atoms with van der Waals surface area (Å²) in [6.07, 6.45) is 6.16. The van der Waals surface area contributed by atoms with E-state index in [1.165, 1.54) is 12.8 Å². The molecule has 21 heavy (non-hydrogen) atoms. The lowest BCUT2D eigenvalue weighted by atomic mass is 9.91. The Morgan fingerprint density at radius 2 is 1.81 bits per heavy atom. The maximum atomic E-state index is 11.8. The molecule has 1 aromatic carbocycles. The number of pyridine rings is 1. The average molecular weight is 413 g/mol. The predicted molar refractivity (Wildman–Crippen MR) is 90.0 cm³/mol. The van der Waals surface area contributed by atoms with Crippen LogP contribution in [0.2, 0.25) is 0 Å². The SMILES string of the molecule is O=C(O)c1c2c(nc3c(Br)cc(Br)cc13)CCCCCC2. The molecule has 0 spiro atoms. The van der Waals surface area contributed by atoms with Crippen LogP contribution in [0.5, 0.6) is 0 Å². The molecule has 3 rings (SSSR count). The summed E-state index contributed by atoms with van der Waals surface area (Å²) in [6.45, 7) is 0. The zero-order valence-electron chi connectivity index (χ0n) is 11.5. The molecule has 2 aromatic rings. The van der Waals surface area contributed by atoms with Crippen LogP contribution in [0.1, 0.15) is 47.3 Å². The summed E-state index contributed by atoms with van der Waals surface area (Å²) in [5, 5.41) is 10.4. The molecule has 1 N–H and O–H groups in total. The average Bonchev–Trinajstić information content (AvgIpc) is 2.38. The number of rotatable bonds is 1. The fraction of sp³-hybridized carbons (Fsp3) is 0.375. The van der Waals surface area contributed by atoms with Crippen molar-refractivity contribution in [2.75, 3.05) is 0 Å². The van der Waals surface area contributed by atoms with Gasteiger partial charge in [-0.15, -0.1) is 0 Å². The third kappa shape index (κ3) is 2.86. The summed E-state index contributed by atoms with van der Waals surface area (Å²) in [7, 11) is 0. The van der Waals surface area contributed by atoms with Crippen LogP contribution >= 0.6 is 31.9 Å². The highest BCUT2D eigenvalue weighted by Gasteiger charge is 2.22. The molecule has 1 aromatic heterocycles. The van der Waals surface area contributed by atoms with E-state index in [0.29, 0.717) is 10.9 Å². The van der Waals surface area contributed by atoms with Gasteiger partial charge in [-0.25, -0.2) is 4.79 Å². The Morgan fingerprint density at radius 1 is 1.10 bits per heavy atom. The van der Waals surface area contributed by atoms with Crippen LogP contribution in [0.15, 0.2) is 21.1 Å².